The summed E-state index contributed by atoms with van der Waals surface area (Å²) in [6, 6.07) is 77.5. The van der Waals surface area contributed by atoms with Gasteiger partial charge in [0, 0.05) is 115 Å². The molecule has 31 heteroatoms. The lowest BCUT2D eigenvalue weighted by molar-refractivity contribution is -0.138. The van der Waals surface area contributed by atoms with E-state index in [4.69, 9.17) is 66.3 Å². The summed E-state index contributed by atoms with van der Waals surface area (Å²) < 4.78 is 142. The Balaban J connectivity index is 0.000000132. The minimum atomic E-state index is -4.43. The second-order valence-electron chi connectivity index (χ2n) is 34.9. The Bertz CT molecular complexity index is 6680. The monoisotopic (exact) mass is 1990 g/mol. The zero-order chi connectivity index (χ0) is 102. The highest BCUT2D eigenvalue weighted by Crippen LogP contribution is 2.41. The number of amides is 6. The molecule has 6 aliphatic heterocycles. The normalized spacial score (nSPS) is 13.2. The molecule has 146 heavy (non-hydrogen) atoms. The number of ether oxygens (including phenoxy) is 14. The molecule has 760 valence electrons. The van der Waals surface area contributed by atoms with Crippen molar-refractivity contribution in [2.75, 3.05) is 118 Å². The first-order valence-corrected chi connectivity index (χ1v) is 48.8. The molecule has 13 aromatic carbocycles. The fraction of sp³-hybridized carbons (Fsp3) is 0.287. The number of hydrogen-bond acceptors (Lipinski definition) is 20. The number of carbonyl (C=O) groups excluding carboxylic acids is 6. The van der Waals surface area contributed by atoms with E-state index in [2.05, 4.69) is 80.4 Å². The molecule has 6 heterocycles. The highest BCUT2D eigenvalue weighted by molar-refractivity contribution is 5.95. The van der Waals surface area contributed by atoms with E-state index in [1.54, 1.807) is 48.5 Å². The van der Waals surface area contributed by atoms with Crippen molar-refractivity contribution >= 4 is 80.3 Å². The minimum absolute atomic E-state index is 0.00602. The largest absolute Gasteiger partial charge is 0.494 e. The van der Waals surface area contributed by atoms with E-state index >= 15 is 0 Å². The standard InChI is InChI=1S/C21H19NO3.C20H23NO4.C20H21NO3.C19H21NO4.C18H16F3NO3.C17H15F2NO3/c23-21(22-18-8-9-19-20(14-18)25-12-11-24-19)10-6-15-5-7-16-3-1-2-4-17(16)13-15;1-14(2)25-17-7-3-15(4-8-17)5-10-20(22)21-16-6-9-18-19(13-16)24-12-11-23-18;22-20(9-5-14-4-6-15-2-1-3-16(15)12-14)21-17-7-8-18-19(13-17)24-11-10-23-18;1-2-22-16-5-3-4-14(12-16)6-9-19(21)20-15-7-8-17-18(13-15)24-11-10-23-17;19-18(20,21)14-4-2-1-3-12(14)5-8-17(23)22-13-6-7-15-16(11-13)25-10-9-24-15;18-12-3-1-11(14(19)9-12)2-6-17(21)20-13-4-5-15-16(10-13)23-8-7-22-15/h1-5,7-9,13-14H,6,10-12H2,(H,22,23);3-4,6-9,13-14H,5,10-12H2,1-2H3,(H,21,22);4,6-8,12-13H,1-3,5,9-11H2,(H,21,22);3-5,7-8,12-13H,2,6,9-11H2,1H3,(H,20,21);1-4,6-7,11H,5,8-10H2,(H,22,23);1,3-5,9-10H,2,6-8H2,(H,20,21). The number of anilines is 6. The molecule has 0 spiro atoms. The topological polar surface area (TPSA) is 304 Å². The third-order valence-electron chi connectivity index (χ3n) is 23.6. The van der Waals surface area contributed by atoms with Gasteiger partial charge in [0.05, 0.1) is 18.3 Å². The smallest absolute Gasteiger partial charge is 0.416 e. The number of alkyl halides is 3. The lowest BCUT2D eigenvalue weighted by Gasteiger charge is -2.19. The van der Waals surface area contributed by atoms with Crippen LogP contribution in [-0.2, 0) is 86.3 Å². The maximum absolute atomic E-state index is 13.5. The molecule has 6 N–H and O–H groups in total. The Labute approximate surface area is 843 Å². The quantitative estimate of drug-likeness (QED) is 0.0248. The van der Waals surface area contributed by atoms with E-state index in [1.807, 2.05) is 142 Å². The van der Waals surface area contributed by atoms with Crippen molar-refractivity contribution < 1.29 is 117 Å². The van der Waals surface area contributed by atoms with Crippen LogP contribution in [0.15, 0.2) is 261 Å². The van der Waals surface area contributed by atoms with Crippen molar-refractivity contribution in [3.05, 3.63) is 323 Å². The van der Waals surface area contributed by atoms with Crippen LogP contribution in [0.25, 0.3) is 10.8 Å². The molecular formula is C115H115F5N6O20. The van der Waals surface area contributed by atoms with E-state index in [1.165, 1.54) is 77.1 Å². The summed E-state index contributed by atoms with van der Waals surface area (Å²) in [7, 11) is 0. The average molecular weight is 2000 g/mol. The van der Waals surface area contributed by atoms with Gasteiger partial charge in [-0.1, -0.05) is 109 Å². The molecule has 0 saturated carbocycles. The molecule has 0 fully saturated rings. The number of nitrogens with one attached hydrogen (secondary N) is 6. The van der Waals surface area contributed by atoms with Gasteiger partial charge in [0.15, 0.2) is 69.0 Å². The lowest BCUT2D eigenvalue weighted by Crippen LogP contribution is -2.17. The SMILES string of the molecule is CC(C)Oc1ccc(CCC(=O)Nc2ccc3c(c2)OCCO3)cc1.CCOc1cccc(CCC(=O)Nc2ccc3c(c2)OCCO3)c1.O=C(CCc1ccc(F)cc1F)Nc1ccc2c(c1)OCCO2.O=C(CCc1ccc2c(c1)CCC2)Nc1ccc2c(c1)OCCO2.O=C(CCc1ccc2ccccc2c1)Nc1ccc2c(c1)OCCO2.O=C(CCc1ccccc1C(F)(F)F)Nc1ccc2c(c1)OCCO2. The maximum Gasteiger partial charge on any atom is 0.416 e. The first-order chi connectivity index (χ1) is 70.9. The number of rotatable bonds is 28. The van der Waals surface area contributed by atoms with Crippen LogP contribution in [0.3, 0.4) is 0 Å². The number of benzene rings is 13. The number of halogens is 5. The predicted octanol–water partition coefficient (Wildman–Crippen LogP) is 22.3. The Morgan fingerprint density at radius 1 is 0.301 bits per heavy atom. The number of aryl methyl sites for hydroxylation is 8. The lowest BCUT2D eigenvalue weighted by atomic mass is 10.0. The Kier molecular flexibility index (Phi) is 37.2. The molecule has 0 bridgehead atoms. The molecule has 26 nitrogen and oxygen atoms in total. The zero-order valence-corrected chi connectivity index (χ0v) is 81.3. The molecule has 0 unspecified atom stereocenters. The second kappa shape index (κ2) is 52.2. The van der Waals surface area contributed by atoms with E-state index < -0.39 is 23.4 Å². The van der Waals surface area contributed by atoms with Gasteiger partial charge in [-0.2, -0.15) is 13.2 Å². The van der Waals surface area contributed by atoms with Crippen LogP contribution in [0.1, 0.15) is 116 Å². The summed E-state index contributed by atoms with van der Waals surface area (Å²) in [5.74, 6) is 7.69. The van der Waals surface area contributed by atoms with Crippen LogP contribution in [0.2, 0.25) is 0 Å². The van der Waals surface area contributed by atoms with Gasteiger partial charge in [0.1, 0.15) is 102 Å². The number of carbonyl (C=O) groups is 6. The van der Waals surface area contributed by atoms with Crippen molar-refractivity contribution in [3.63, 3.8) is 0 Å². The fourth-order valence-corrected chi connectivity index (χ4v) is 16.5. The van der Waals surface area contributed by atoms with Gasteiger partial charge < -0.3 is 98.2 Å². The highest BCUT2D eigenvalue weighted by atomic mass is 19.4. The predicted molar refractivity (Wildman–Crippen MR) is 546 cm³/mol. The fourth-order valence-electron chi connectivity index (χ4n) is 16.5. The van der Waals surface area contributed by atoms with Crippen LogP contribution in [0.4, 0.5) is 56.1 Å². The average Bonchev–Trinajstić information content (AvgIpc) is 1.81. The van der Waals surface area contributed by atoms with Crippen molar-refractivity contribution in [2.24, 2.45) is 0 Å². The van der Waals surface area contributed by atoms with Gasteiger partial charge in [-0.05, 0) is 243 Å². The minimum Gasteiger partial charge on any atom is -0.494 e. The van der Waals surface area contributed by atoms with Crippen molar-refractivity contribution in [1.82, 2.24) is 0 Å². The van der Waals surface area contributed by atoms with Gasteiger partial charge in [-0.15, -0.1) is 0 Å². The van der Waals surface area contributed by atoms with Crippen LogP contribution in [-0.4, -0.2) is 127 Å². The molecule has 20 rings (SSSR count). The van der Waals surface area contributed by atoms with E-state index in [9.17, 15) is 50.7 Å². The molecule has 0 aromatic heterocycles. The molecule has 6 amide bonds. The number of hydrogen-bond donors (Lipinski definition) is 6. The third-order valence-corrected chi connectivity index (χ3v) is 23.6. The summed E-state index contributed by atoms with van der Waals surface area (Å²) in [5, 5.41) is 19.5. The van der Waals surface area contributed by atoms with Crippen LogP contribution in [0.5, 0.6) is 80.5 Å². The number of fused-ring (bicyclic) bond motifs is 8. The molecule has 0 radical (unpaired) electrons. The van der Waals surface area contributed by atoms with Gasteiger partial charge >= 0.3 is 6.18 Å². The van der Waals surface area contributed by atoms with Crippen molar-refractivity contribution in [2.45, 2.75) is 129 Å². The van der Waals surface area contributed by atoms with E-state index in [-0.39, 0.29) is 72.8 Å². The van der Waals surface area contributed by atoms with Crippen LogP contribution < -0.4 is 98.2 Å². The molecule has 7 aliphatic rings. The van der Waals surface area contributed by atoms with Gasteiger partial charge in [-0.3, -0.25) is 28.8 Å². The van der Waals surface area contributed by atoms with Crippen molar-refractivity contribution in [1.29, 1.82) is 0 Å². The molecule has 0 atom stereocenters. The Morgan fingerprint density at radius 2 is 0.644 bits per heavy atom. The molecule has 13 aromatic rings. The summed E-state index contributed by atoms with van der Waals surface area (Å²) in [5.41, 5.74) is 11.2. The Hall–Kier alpha value is -16.2. The van der Waals surface area contributed by atoms with Crippen LogP contribution in [0, 0.1) is 11.6 Å². The third kappa shape index (κ3) is 31.9. The first kappa shape index (κ1) is 104. The summed E-state index contributed by atoms with van der Waals surface area (Å²) >= 11 is 0. The first-order valence-electron chi connectivity index (χ1n) is 48.8. The van der Waals surface area contributed by atoms with Gasteiger partial charge in [-0.25, -0.2) is 8.78 Å². The maximum atomic E-state index is 13.5. The molecule has 1 aliphatic carbocycles. The second-order valence-corrected chi connectivity index (χ2v) is 34.9. The molecular weight excluding hydrogens is 1880 g/mol. The summed E-state index contributed by atoms with van der Waals surface area (Å²) in [4.78, 5) is 72.7. The van der Waals surface area contributed by atoms with E-state index in [0.717, 1.165) is 75.3 Å². The van der Waals surface area contributed by atoms with Gasteiger partial charge in [0.2, 0.25) is 35.4 Å². The highest BCUT2D eigenvalue weighted by Gasteiger charge is 2.33. The Morgan fingerprint density at radius 3 is 1.04 bits per heavy atom. The van der Waals surface area contributed by atoms with Gasteiger partial charge in [0.25, 0.3) is 0 Å². The molecule has 0 saturated heterocycles. The zero-order valence-electron chi connectivity index (χ0n) is 81.3. The van der Waals surface area contributed by atoms with Crippen LogP contribution >= 0.6 is 0 Å². The van der Waals surface area contributed by atoms with Crippen molar-refractivity contribution in [3.8, 4) is 80.5 Å². The van der Waals surface area contributed by atoms with E-state index in [0.29, 0.717) is 211 Å². The summed E-state index contributed by atoms with van der Waals surface area (Å²) in [6.07, 6.45) is 4.15. The summed E-state index contributed by atoms with van der Waals surface area (Å²) in [6.45, 7) is 12.8.